The van der Waals surface area contributed by atoms with E-state index in [-0.39, 0.29) is 11.8 Å². The molecule has 1 saturated heterocycles. The van der Waals surface area contributed by atoms with Gasteiger partial charge in [0.05, 0.1) is 11.2 Å². The first-order valence-electron chi connectivity index (χ1n) is 6.32. The van der Waals surface area contributed by atoms with E-state index in [1.54, 1.807) is 4.90 Å². The average molecular weight is 250 g/mol. The number of hydrogen-bond acceptors (Lipinski definition) is 2. The van der Waals surface area contributed by atoms with Crippen molar-refractivity contribution in [3.05, 3.63) is 36.0 Å². The molecule has 19 heavy (non-hydrogen) atoms. The van der Waals surface area contributed by atoms with E-state index in [4.69, 9.17) is 6.42 Å². The van der Waals surface area contributed by atoms with Gasteiger partial charge in [-0.05, 0) is 19.1 Å². The van der Waals surface area contributed by atoms with Gasteiger partial charge in [0.2, 0.25) is 5.91 Å². The number of terminal acetylenes is 1. The van der Waals surface area contributed by atoms with E-state index < -0.39 is 0 Å². The Balaban J connectivity index is 2.15. The first-order chi connectivity index (χ1) is 9.19. The van der Waals surface area contributed by atoms with E-state index >= 15 is 0 Å². The molecule has 1 amide bonds. The molecule has 0 N–H and O–H groups in total. The predicted molar refractivity (Wildman–Crippen MR) is 75.8 cm³/mol. The SMILES string of the molecule is C#CC1CC(=O)N(c2cc(C)nc3ccccc23)C1. The Morgan fingerprint density at radius 2 is 2.21 bits per heavy atom. The summed E-state index contributed by atoms with van der Waals surface area (Å²) < 4.78 is 0. The molecule has 1 aliphatic heterocycles. The molecule has 0 saturated carbocycles. The fourth-order valence-corrected chi connectivity index (χ4v) is 2.56. The molecule has 2 aromatic rings. The van der Waals surface area contributed by atoms with Crippen LogP contribution in [0.4, 0.5) is 5.69 Å². The number of rotatable bonds is 1. The third-order valence-corrected chi connectivity index (χ3v) is 3.47. The maximum Gasteiger partial charge on any atom is 0.228 e. The molecule has 1 atom stereocenters. The van der Waals surface area contributed by atoms with Crippen molar-refractivity contribution in [3.63, 3.8) is 0 Å². The number of carbonyl (C=O) groups excluding carboxylic acids is 1. The molecule has 1 aliphatic rings. The van der Waals surface area contributed by atoms with Gasteiger partial charge in [0, 0.05) is 30.0 Å². The average Bonchev–Trinajstić information content (AvgIpc) is 2.79. The second-order valence-corrected chi connectivity index (χ2v) is 4.87. The van der Waals surface area contributed by atoms with Crippen LogP contribution < -0.4 is 4.90 Å². The monoisotopic (exact) mass is 250 g/mol. The zero-order chi connectivity index (χ0) is 13.4. The minimum Gasteiger partial charge on any atom is -0.310 e. The van der Waals surface area contributed by atoms with Gasteiger partial charge < -0.3 is 4.90 Å². The molecule has 1 aromatic heterocycles. The van der Waals surface area contributed by atoms with Crippen LogP contribution in [0.3, 0.4) is 0 Å². The summed E-state index contributed by atoms with van der Waals surface area (Å²) >= 11 is 0. The third-order valence-electron chi connectivity index (χ3n) is 3.47. The summed E-state index contributed by atoms with van der Waals surface area (Å²) in [6, 6.07) is 9.83. The molecular formula is C16H14N2O. The summed E-state index contributed by atoms with van der Waals surface area (Å²) in [6.07, 6.45) is 5.87. The smallest absolute Gasteiger partial charge is 0.228 e. The lowest BCUT2D eigenvalue weighted by Crippen LogP contribution is -2.24. The Bertz CT molecular complexity index is 699. The van der Waals surface area contributed by atoms with Crippen LogP contribution in [0, 0.1) is 25.2 Å². The van der Waals surface area contributed by atoms with E-state index in [0.717, 1.165) is 22.3 Å². The summed E-state index contributed by atoms with van der Waals surface area (Å²) in [7, 11) is 0. The van der Waals surface area contributed by atoms with Crippen molar-refractivity contribution in [1.29, 1.82) is 0 Å². The number of amides is 1. The van der Waals surface area contributed by atoms with Gasteiger partial charge in [0.15, 0.2) is 0 Å². The summed E-state index contributed by atoms with van der Waals surface area (Å²) in [5.74, 6) is 2.79. The molecule has 3 rings (SSSR count). The number of carbonyl (C=O) groups is 1. The van der Waals surface area contributed by atoms with E-state index in [0.29, 0.717) is 13.0 Å². The number of pyridine rings is 1. The number of nitrogens with zero attached hydrogens (tertiary/aromatic N) is 2. The van der Waals surface area contributed by atoms with E-state index in [2.05, 4.69) is 10.9 Å². The van der Waals surface area contributed by atoms with Gasteiger partial charge in [-0.2, -0.15) is 0 Å². The summed E-state index contributed by atoms with van der Waals surface area (Å²) in [5.41, 5.74) is 2.74. The highest BCUT2D eigenvalue weighted by molar-refractivity contribution is 6.04. The summed E-state index contributed by atoms with van der Waals surface area (Å²) in [6.45, 7) is 2.54. The Hall–Kier alpha value is -2.34. The van der Waals surface area contributed by atoms with Gasteiger partial charge in [-0.25, -0.2) is 0 Å². The van der Waals surface area contributed by atoms with Crippen molar-refractivity contribution in [2.24, 2.45) is 5.92 Å². The highest BCUT2D eigenvalue weighted by Gasteiger charge is 2.30. The molecule has 94 valence electrons. The Morgan fingerprint density at radius 1 is 1.42 bits per heavy atom. The Kier molecular flexibility index (Phi) is 2.72. The molecular weight excluding hydrogens is 236 g/mol. The standard InChI is InChI=1S/C16H14N2O/c1-3-12-9-16(19)18(10-12)15-8-11(2)17-14-7-5-4-6-13(14)15/h1,4-8,12H,9-10H2,2H3. The minimum atomic E-state index is 0.0136. The van der Waals surface area contributed by atoms with Crippen molar-refractivity contribution < 1.29 is 4.79 Å². The van der Waals surface area contributed by atoms with E-state index in [1.165, 1.54) is 0 Å². The topological polar surface area (TPSA) is 33.2 Å². The molecule has 0 spiro atoms. The van der Waals surface area contributed by atoms with Crippen LogP contribution in [0.1, 0.15) is 12.1 Å². The van der Waals surface area contributed by atoms with Crippen LogP contribution in [0.15, 0.2) is 30.3 Å². The van der Waals surface area contributed by atoms with Crippen LogP contribution in [-0.2, 0) is 4.79 Å². The first-order valence-corrected chi connectivity index (χ1v) is 6.32. The second kappa shape index (κ2) is 4.40. The van der Waals surface area contributed by atoms with Crippen molar-refractivity contribution in [1.82, 2.24) is 4.98 Å². The zero-order valence-electron chi connectivity index (χ0n) is 10.8. The quantitative estimate of drug-likeness (QED) is 0.729. The molecule has 0 bridgehead atoms. The molecule has 0 radical (unpaired) electrons. The van der Waals surface area contributed by atoms with Gasteiger partial charge in [-0.15, -0.1) is 12.3 Å². The summed E-state index contributed by atoms with van der Waals surface area (Å²) in [4.78, 5) is 18.4. The highest BCUT2D eigenvalue weighted by Crippen LogP contribution is 2.31. The van der Waals surface area contributed by atoms with Crippen molar-refractivity contribution in [2.75, 3.05) is 11.4 Å². The fourth-order valence-electron chi connectivity index (χ4n) is 2.56. The maximum absolute atomic E-state index is 12.1. The largest absolute Gasteiger partial charge is 0.310 e. The Morgan fingerprint density at radius 3 is 2.95 bits per heavy atom. The molecule has 2 heterocycles. The van der Waals surface area contributed by atoms with E-state index in [1.807, 2.05) is 37.3 Å². The number of aryl methyl sites for hydroxylation is 1. The predicted octanol–water partition coefficient (Wildman–Crippen LogP) is 2.53. The maximum atomic E-state index is 12.1. The molecule has 1 aromatic carbocycles. The lowest BCUT2D eigenvalue weighted by atomic mass is 10.1. The third kappa shape index (κ3) is 1.96. The number of anilines is 1. The highest BCUT2D eigenvalue weighted by atomic mass is 16.2. The van der Waals surface area contributed by atoms with Crippen molar-refractivity contribution in [2.45, 2.75) is 13.3 Å². The van der Waals surface area contributed by atoms with Crippen LogP contribution in [0.25, 0.3) is 10.9 Å². The van der Waals surface area contributed by atoms with Crippen molar-refractivity contribution >= 4 is 22.5 Å². The number of aromatic nitrogens is 1. The second-order valence-electron chi connectivity index (χ2n) is 4.87. The Labute approximate surface area is 112 Å². The fraction of sp³-hybridized carbons (Fsp3) is 0.250. The van der Waals surface area contributed by atoms with Crippen LogP contribution in [-0.4, -0.2) is 17.4 Å². The minimum absolute atomic E-state index is 0.0136. The van der Waals surface area contributed by atoms with Gasteiger partial charge in [-0.3, -0.25) is 9.78 Å². The molecule has 3 heteroatoms. The van der Waals surface area contributed by atoms with Crippen LogP contribution >= 0.6 is 0 Å². The first kappa shape index (κ1) is 11.7. The van der Waals surface area contributed by atoms with Crippen LogP contribution in [0.2, 0.25) is 0 Å². The molecule has 1 fully saturated rings. The molecule has 3 nitrogen and oxygen atoms in total. The van der Waals surface area contributed by atoms with Gasteiger partial charge in [0.25, 0.3) is 0 Å². The summed E-state index contributed by atoms with van der Waals surface area (Å²) in [5, 5.41) is 0.999. The number of para-hydroxylation sites is 1. The van der Waals surface area contributed by atoms with Gasteiger partial charge in [0.1, 0.15) is 0 Å². The van der Waals surface area contributed by atoms with E-state index in [9.17, 15) is 4.79 Å². The lowest BCUT2D eigenvalue weighted by Gasteiger charge is -2.18. The number of fused-ring (bicyclic) bond motifs is 1. The number of benzene rings is 1. The molecule has 1 unspecified atom stereocenters. The van der Waals surface area contributed by atoms with Gasteiger partial charge in [-0.1, -0.05) is 18.2 Å². The zero-order valence-corrected chi connectivity index (χ0v) is 10.8. The normalized spacial score (nSPS) is 18.8. The van der Waals surface area contributed by atoms with Gasteiger partial charge >= 0.3 is 0 Å². The lowest BCUT2D eigenvalue weighted by molar-refractivity contribution is -0.117. The number of hydrogen-bond donors (Lipinski definition) is 0. The van der Waals surface area contributed by atoms with Crippen molar-refractivity contribution in [3.8, 4) is 12.3 Å². The van der Waals surface area contributed by atoms with Crippen LogP contribution in [0.5, 0.6) is 0 Å². The molecule has 0 aliphatic carbocycles.